The summed E-state index contributed by atoms with van der Waals surface area (Å²) in [5.74, 6) is 0.112. The smallest absolute Gasteiger partial charge is 0.159 e. The van der Waals surface area contributed by atoms with Crippen molar-refractivity contribution in [3.05, 3.63) is 175 Å². The van der Waals surface area contributed by atoms with Crippen LogP contribution in [0.1, 0.15) is 34.6 Å². The molecule has 244 valence electrons. The standard InChI is InChI=1S/C46H33N3O2/c1-30(50)32-16-20-35(21-17-32)48-43-14-8-6-12-39(43)41-28-37(24-26-45(41)48)47(34-10-4-3-5-11-34)38-25-27-46-42(29-38)40-13-7-9-15-44(40)49(46)36-22-18-33(19-23-36)31(2)51/h3-29H,1-2H3. The molecule has 2 aromatic heterocycles. The second-order valence-electron chi connectivity index (χ2n) is 13.0. The lowest BCUT2D eigenvalue weighted by atomic mass is 10.1. The van der Waals surface area contributed by atoms with E-state index in [1.807, 2.05) is 54.6 Å². The normalized spacial score (nSPS) is 11.5. The van der Waals surface area contributed by atoms with Crippen molar-refractivity contribution < 1.29 is 9.59 Å². The van der Waals surface area contributed by atoms with Crippen LogP contribution >= 0.6 is 0 Å². The average Bonchev–Trinajstić information content (AvgIpc) is 3.68. The summed E-state index contributed by atoms with van der Waals surface area (Å²) in [6.45, 7) is 3.20. The summed E-state index contributed by atoms with van der Waals surface area (Å²) in [4.78, 5) is 26.3. The van der Waals surface area contributed by atoms with Crippen LogP contribution in [0.4, 0.5) is 17.1 Å². The number of fused-ring (bicyclic) bond motifs is 6. The number of rotatable bonds is 7. The molecule has 0 aliphatic rings. The fraction of sp³-hybridized carbons (Fsp3) is 0.0435. The van der Waals surface area contributed by atoms with Gasteiger partial charge >= 0.3 is 0 Å². The second-order valence-corrected chi connectivity index (χ2v) is 13.0. The molecule has 0 N–H and O–H groups in total. The fourth-order valence-electron chi connectivity index (χ4n) is 7.47. The van der Waals surface area contributed by atoms with Gasteiger partial charge in [-0.25, -0.2) is 0 Å². The number of aromatic nitrogens is 2. The van der Waals surface area contributed by atoms with E-state index in [9.17, 15) is 9.59 Å². The van der Waals surface area contributed by atoms with Gasteiger partial charge in [0.2, 0.25) is 0 Å². The van der Waals surface area contributed by atoms with E-state index in [1.54, 1.807) is 13.8 Å². The molecule has 0 unspecified atom stereocenters. The lowest BCUT2D eigenvalue weighted by molar-refractivity contribution is 0.100. The Labute approximate surface area is 295 Å². The quantitative estimate of drug-likeness (QED) is 0.160. The molecule has 0 aliphatic heterocycles. The Balaban J connectivity index is 1.24. The molecule has 2 heterocycles. The van der Waals surface area contributed by atoms with E-state index in [4.69, 9.17) is 0 Å². The largest absolute Gasteiger partial charge is 0.310 e. The first kappa shape index (κ1) is 30.3. The number of anilines is 3. The van der Waals surface area contributed by atoms with Gasteiger partial charge in [0.25, 0.3) is 0 Å². The number of para-hydroxylation sites is 3. The predicted octanol–water partition coefficient (Wildman–Crippen LogP) is 11.8. The van der Waals surface area contributed by atoms with Crippen LogP contribution in [0.3, 0.4) is 0 Å². The maximum absolute atomic E-state index is 12.0. The average molecular weight is 660 g/mol. The minimum atomic E-state index is 0.0560. The van der Waals surface area contributed by atoms with Crippen molar-refractivity contribution in [2.45, 2.75) is 13.8 Å². The molecule has 0 amide bonds. The van der Waals surface area contributed by atoms with Crippen molar-refractivity contribution in [2.24, 2.45) is 0 Å². The maximum Gasteiger partial charge on any atom is 0.159 e. The van der Waals surface area contributed by atoms with E-state index in [2.05, 4.69) is 123 Å². The summed E-state index contributed by atoms with van der Waals surface area (Å²) in [6, 6.07) is 56.5. The number of carbonyl (C=O) groups is 2. The zero-order chi connectivity index (χ0) is 34.6. The molecule has 9 rings (SSSR count). The van der Waals surface area contributed by atoms with Gasteiger partial charge < -0.3 is 14.0 Å². The number of ketones is 2. The maximum atomic E-state index is 12.0. The van der Waals surface area contributed by atoms with Crippen LogP contribution in [0.15, 0.2) is 164 Å². The van der Waals surface area contributed by atoms with Gasteiger partial charge in [-0.3, -0.25) is 9.59 Å². The van der Waals surface area contributed by atoms with Crippen molar-refractivity contribution in [3.63, 3.8) is 0 Å². The number of Topliss-reactive ketones (excluding diaryl/α,β-unsaturated/α-hetero) is 2. The van der Waals surface area contributed by atoms with Gasteiger partial charge in [-0.15, -0.1) is 0 Å². The highest BCUT2D eigenvalue weighted by molar-refractivity contribution is 6.12. The van der Waals surface area contributed by atoms with E-state index in [1.165, 1.54) is 0 Å². The molecule has 51 heavy (non-hydrogen) atoms. The van der Waals surface area contributed by atoms with E-state index in [-0.39, 0.29) is 11.6 Å². The Morgan fingerprint density at radius 2 is 0.784 bits per heavy atom. The molecule has 0 saturated heterocycles. The van der Waals surface area contributed by atoms with Crippen LogP contribution in [0, 0.1) is 0 Å². The third kappa shape index (κ3) is 5.01. The van der Waals surface area contributed by atoms with Crippen molar-refractivity contribution in [3.8, 4) is 11.4 Å². The number of hydrogen-bond donors (Lipinski definition) is 0. The van der Waals surface area contributed by atoms with Gasteiger partial charge in [0.1, 0.15) is 0 Å². The molecule has 7 aromatic carbocycles. The summed E-state index contributed by atoms with van der Waals surface area (Å²) >= 11 is 0. The molecule has 5 nitrogen and oxygen atoms in total. The highest BCUT2D eigenvalue weighted by atomic mass is 16.1. The van der Waals surface area contributed by atoms with Crippen LogP contribution in [0.25, 0.3) is 55.0 Å². The van der Waals surface area contributed by atoms with Crippen LogP contribution in [0.2, 0.25) is 0 Å². The summed E-state index contributed by atoms with van der Waals surface area (Å²) in [6.07, 6.45) is 0. The summed E-state index contributed by atoms with van der Waals surface area (Å²) in [5.41, 5.74) is 11.0. The summed E-state index contributed by atoms with van der Waals surface area (Å²) in [7, 11) is 0. The number of benzene rings is 7. The van der Waals surface area contributed by atoms with Crippen molar-refractivity contribution in [1.29, 1.82) is 0 Å². The Morgan fingerprint density at radius 1 is 0.392 bits per heavy atom. The van der Waals surface area contributed by atoms with Crippen molar-refractivity contribution >= 4 is 72.2 Å². The van der Waals surface area contributed by atoms with Gasteiger partial charge in [-0.1, -0.05) is 54.6 Å². The lowest BCUT2D eigenvalue weighted by Crippen LogP contribution is -2.09. The van der Waals surface area contributed by atoms with Crippen LogP contribution < -0.4 is 4.90 Å². The molecule has 0 bridgehead atoms. The minimum absolute atomic E-state index is 0.0560. The Hall–Kier alpha value is -6.72. The molecule has 9 aromatic rings. The monoisotopic (exact) mass is 659 g/mol. The zero-order valence-corrected chi connectivity index (χ0v) is 28.2. The van der Waals surface area contributed by atoms with Crippen LogP contribution in [-0.4, -0.2) is 20.7 Å². The topological polar surface area (TPSA) is 47.2 Å². The number of hydrogen-bond acceptors (Lipinski definition) is 3. The van der Waals surface area contributed by atoms with Crippen LogP contribution in [-0.2, 0) is 0 Å². The van der Waals surface area contributed by atoms with Gasteiger partial charge in [-0.05, 0) is 123 Å². The Morgan fingerprint density at radius 3 is 1.22 bits per heavy atom. The molecule has 0 saturated carbocycles. The molecule has 0 aliphatic carbocycles. The highest BCUT2D eigenvalue weighted by Crippen LogP contribution is 2.42. The van der Waals surface area contributed by atoms with Gasteiger partial charge in [0.15, 0.2) is 11.6 Å². The predicted molar refractivity (Wildman–Crippen MR) is 210 cm³/mol. The summed E-state index contributed by atoms with van der Waals surface area (Å²) < 4.78 is 4.55. The van der Waals surface area contributed by atoms with E-state index in [0.717, 1.165) is 72.0 Å². The molecule has 5 heteroatoms. The highest BCUT2D eigenvalue weighted by Gasteiger charge is 2.20. The summed E-state index contributed by atoms with van der Waals surface area (Å²) in [5, 5.41) is 4.61. The third-order valence-electron chi connectivity index (χ3n) is 9.91. The van der Waals surface area contributed by atoms with E-state index in [0.29, 0.717) is 11.1 Å². The second kappa shape index (κ2) is 12.0. The van der Waals surface area contributed by atoms with Crippen molar-refractivity contribution in [1.82, 2.24) is 9.13 Å². The molecule has 0 fully saturated rings. The van der Waals surface area contributed by atoms with Crippen LogP contribution in [0.5, 0.6) is 0 Å². The SMILES string of the molecule is CC(=O)c1ccc(-n2c3ccccc3c3cc(N(c4ccccc4)c4ccc5c(c4)c4ccccc4n5-c4ccc(C(C)=O)cc4)ccc32)cc1. The molecule has 0 spiro atoms. The molecule has 0 atom stereocenters. The zero-order valence-electron chi connectivity index (χ0n) is 28.2. The molecule has 0 radical (unpaired) electrons. The minimum Gasteiger partial charge on any atom is -0.310 e. The fourth-order valence-corrected chi connectivity index (χ4v) is 7.47. The molecular weight excluding hydrogens is 627 g/mol. The first-order chi connectivity index (χ1) is 25.0. The lowest BCUT2D eigenvalue weighted by Gasteiger charge is -2.26. The third-order valence-corrected chi connectivity index (χ3v) is 9.91. The van der Waals surface area contributed by atoms with E-state index < -0.39 is 0 Å². The number of nitrogens with zero attached hydrogens (tertiary/aromatic N) is 3. The van der Waals surface area contributed by atoms with Gasteiger partial charge in [0, 0.05) is 61.1 Å². The van der Waals surface area contributed by atoms with Crippen molar-refractivity contribution in [2.75, 3.05) is 4.90 Å². The molecular formula is C46H33N3O2. The van der Waals surface area contributed by atoms with Gasteiger partial charge in [0.05, 0.1) is 22.1 Å². The Kier molecular flexibility index (Phi) is 7.14. The first-order valence-electron chi connectivity index (χ1n) is 17.1. The Bertz CT molecular complexity index is 2620. The first-order valence-corrected chi connectivity index (χ1v) is 17.1. The van der Waals surface area contributed by atoms with E-state index >= 15 is 0 Å². The van der Waals surface area contributed by atoms with Gasteiger partial charge in [-0.2, -0.15) is 0 Å². The number of carbonyl (C=O) groups excluding carboxylic acids is 2.